The summed E-state index contributed by atoms with van der Waals surface area (Å²) in [5, 5.41) is 2.77. The molecule has 0 saturated heterocycles. The Hall–Kier alpha value is -1.67. The summed E-state index contributed by atoms with van der Waals surface area (Å²) in [5.41, 5.74) is 0.543. The van der Waals surface area contributed by atoms with Gasteiger partial charge in [0.15, 0.2) is 0 Å². The second-order valence-electron chi connectivity index (χ2n) is 3.86. The first-order valence-corrected chi connectivity index (χ1v) is 7.81. The van der Waals surface area contributed by atoms with Gasteiger partial charge >= 0.3 is 0 Å². The van der Waals surface area contributed by atoms with Crippen LogP contribution >= 0.6 is 15.9 Å². The van der Waals surface area contributed by atoms with E-state index in [1.807, 2.05) is 0 Å². The fourth-order valence-electron chi connectivity index (χ4n) is 1.57. The van der Waals surface area contributed by atoms with E-state index in [4.69, 9.17) is 0 Å². The smallest absolute Gasteiger partial charge is 0.265 e. The molecule has 0 spiro atoms. The van der Waals surface area contributed by atoms with Crippen LogP contribution in [-0.2, 0) is 10.0 Å². The minimum atomic E-state index is -3.84. The van der Waals surface area contributed by atoms with Gasteiger partial charge in [-0.15, -0.1) is 0 Å². The maximum Gasteiger partial charge on any atom is 0.265 e. The van der Waals surface area contributed by atoms with Crippen molar-refractivity contribution in [2.24, 2.45) is 0 Å². The average Bonchev–Trinajstić information content (AvgIpc) is 2.42. The molecule has 1 aromatic heterocycles. The Labute approximate surface area is 124 Å². The largest absolute Gasteiger partial charge is 0.387 e. The zero-order valence-corrected chi connectivity index (χ0v) is 12.8. The van der Waals surface area contributed by atoms with Gasteiger partial charge in [-0.1, -0.05) is 0 Å². The molecule has 0 atom stereocenters. The Balaban J connectivity index is 2.38. The number of hydrogen-bond acceptors (Lipinski definition) is 4. The van der Waals surface area contributed by atoms with E-state index in [1.54, 1.807) is 7.05 Å². The first kappa shape index (κ1) is 14.7. The lowest BCUT2D eigenvalue weighted by molar-refractivity contribution is 0.601. The molecule has 20 heavy (non-hydrogen) atoms. The summed E-state index contributed by atoms with van der Waals surface area (Å²) in [5.74, 6) is -0.551. The Kier molecular flexibility index (Phi) is 4.24. The van der Waals surface area contributed by atoms with E-state index in [0.717, 1.165) is 6.07 Å². The highest BCUT2D eigenvalue weighted by Crippen LogP contribution is 2.24. The number of pyridine rings is 1. The molecule has 0 saturated carbocycles. The molecule has 0 aliphatic rings. The molecule has 0 aliphatic carbocycles. The highest BCUT2D eigenvalue weighted by atomic mass is 79.9. The van der Waals surface area contributed by atoms with E-state index < -0.39 is 15.8 Å². The number of hydrogen-bond donors (Lipinski definition) is 2. The minimum Gasteiger partial charge on any atom is -0.387 e. The zero-order chi connectivity index (χ0) is 14.8. The van der Waals surface area contributed by atoms with Crippen LogP contribution in [0.15, 0.2) is 46.0 Å². The van der Waals surface area contributed by atoms with Crippen molar-refractivity contribution in [2.75, 3.05) is 17.1 Å². The van der Waals surface area contributed by atoms with E-state index in [1.165, 1.54) is 30.6 Å². The van der Waals surface area contributed by atoms with Gasteiger partial charge in [-0.05, 0) is 40.2 Å². The van der Waals surface area contributed by atoms with E-state index in [9.17, 15) is 12.8 Å². The Morgan fingerprint density at radius 2 is 2.05 bits per heavy atom. The highest BCUT2D eigenvalue weighted by Gasteiger charge is 2.19. The molecule has 0 radical (unpaired) electrons. The van der Waals surface area contributed by atoms with Gasteiger partial charge in [-0.25, -0.2) is 12.8 Å². The molecule has 2 aromatic rings. The molecule has 1 heterocycles. The van der Waals surface area contributed by atoms with Crippen molar-refractivity contribution in [2.45, 2.75) is 4.90 Å². The molecule has 8 heteroatoms. The molecule has 5 nitrogen and oxygen atoms in total. The lowest BCUT2D eigenvalue weighted by Gasteiger charge is -2.11. The van der Waals surface area contributed by atoms with Crippen LogP contribution in [0.4, 0.5) is 15.8 Å². The molecular formula is C12H11BrFN3O2S. The third kappa shape index (κ3) is 3.07. The van der Waals surface area contributed by atoms with Crippen molar-refractivity contribution < 1.29 is 12.8 Å². The monoisotopic (exact) mass is 359 g/mol. The number of halogens is 2. The summed E-state index contributed by atoms with van der Waals surface area (Å²) >= 11 is 3.00. The predicted molar refractivity (Wildman–Crippen MR) is 78.7 cm³/mol. The number of benzene rings is 1. The van der Waals surface area contributed by atoms with Gasteiger partial charge in [-0.3, -0.25) is 9.71 Å². The maximum absolute atomic E-state index is 13.4. The second-order valence-corrected chi connectivity index (χ2v) is 6.36. The first-order chi connectivity index (χ1) is 9.44. The third-order valence-electron chi connectivity index (χ3n) is 2.52. The predicted octanol–water partition coefficient (Wildman–Crippen LogP) is 2.83. The van der Waals surface area contributed by atoms with Crippen molar-refractivity contribution >= 4 is 37.3 Å². The van der Waals surface area contributed by atoms with E-state index in [2.05, 4.69) is 31.0 Å². The van der Waals surface area contributed by atoms with Crippen LogP contribution in [-0.4, -0.2) is 20.4 Å². The maximum atomic E-state index is 13.4. The van der Waals surface area contributed by atoms with Crippen LogP contribution in [0.5, 0.6) is 0 Å². The lowest BCUT2D eigenvalue weighted by atomic mass is 10.3. The Morgan fingerprint density at radius 1 is 1.30 bits per heavy atom. The van der Waals surface area contributed by atoms with Gasteiger partial charge in [0, 0.05) is 19.4 Å². The van der Waals surface area contributed by atoms with Gasteiger partial charge in [0.25, 0.3) is 10.0 Å². The van der Waals surface area contributed by atoms with E-state index in [-0.39, 0.29) is 15.1 Å². The van der Waals surface area contributed by atoms with Gasteiger partial charge in [-0.2, -0.15) is 0 Å². The van der Waals surface area contributed by atoms with E-state index >= 15 is 0 Å². The summed E-state index contributed by atoms with van der Waals surface area (Å²) in [6, 6.07) is 5.52. The van der Waals surface area contributed by atoms with Crippen molar-refractivity contribution in [1.29, 1.82) is 0 Å². The summed E-state index contributed by atoms with van der Waals surface area (Å²) in [4.78, 5) is 3.78. The first-order valence-electron chi connectivity index (χ1n) is 5.53. The summed E-state index contributed by atoms with van der Waals surface area (Å²) in [6.07, 6.45) is 2.70. The van der Waals surface area contributed by atoms with Crippen molar-refractivity contribution in [1.82, 2.24) is 4.98 Å². The van der Waals surface area contributed by atoms with Crippen LogP contribution in [0.2, 0.25) is 0 Å². The summed E-state index contributed by atoms with van der Waals surface area (Å²) in [7, 11) is -2.24. The molecule has 0 amide bonds. The molecular weight excluding hydrogens is 349 g/mol. The molecule has 106 valence electrons. The molecule has 2 rings (SSSR count). The third-order valence-corrected chi connectivity index (χ3v) is 4.57. The van der Waals surface area contributed by atoms with Crippen LogP contribution in [0.1, 0.15) is 0 Å². The topological polar surface area (TPSA) is 71.1 Å². The number of nitrogens with zero attached hydrogens (tertiary/aromatic N) is 1. The van der Waals surface area contributed by atoms with Crippen LogP contribution in [0, 0.1) is 5.82 Å². The standard InChI is InChI=1S/C12H11BrFN3O2S/c1-15-11-4-5-16-7-12(11)20(18,19)17-8-2-3-9(13)10(14)6-8/h2-7,17H,1H3,(H,15,16). The lowest BCUT2D eigenvalue weighted by Crippen LogP contribution is -2.15. The number of rotatable bonds is 4. The molecule has 0 fully saturated rings. The fraction of sp³-hybridized carbons (Fsp3) is 0.0833. The normalized spacial score (nSPS) is 11.2. The van der Waals surface area contributed by atoms with Gasteiger partial charge in [0.05, 0.1) is 15.8 Å². The number of sulfonamides is 1. The number of aromatic nitrogens is 1. The quantitative estimate of drug-likeness (QED) is 0.880. The number of nitrogens with one attached hydrogen (secondary N) is 2. The van der Waals surface area contributed by atoms with Crippen LogP contribution in [0.25, 0.3) is 0 Å². The highest BCUT2D eigenvalue weighted by molar-refractivity contribution is 9.10. The molecule has 0 bridgehead atoms. The Morgan fingerprint density at radius 3 is 2.70 bits per heavy atom. The molecule has 1 aromatic carbocycles. The molecule has 0 unspecified atom stereocenters. The van der Waals surface area contributed by atoms with Crippen molar-refractivity contribution in [3.63, 3.8) is 0 Å². The van der Waals surface area contributed by atoms with Crippen molar-refractivity contribution in [3.05, 3.63) is 46.9 Å². The fourth-order valence-corrected chi connectivity index (χ4v) is 3.02. The Bertz CT molecular complexity index is 737. The molecule has 0 aliphatic heterocycles. The average molecular weight is 360 g/mol. The summed E-state index contributed by atoms with van der Waals surface area (Å²) in [6.45, 7) is 0. The molecule has 2 N–H and O–H groups in total. The SMILES string of the molecule is CNc1ccncc1S(=O)(=O)Nc1ccc(Br)c(F)c1. The van der Waals surface area contributed by atoms with Crippen LogP contribution < -0.4 is 10.0 Å². The second kappa shape index (κ2) is 5.76. The van der Waals surface area contributed by atoms with Crippen LogP contribution in [0.3, 0.4) is 0 Å². The van der Waals surface area contributed by atoms with E-state index in [0.29, 0.717) is 5.69 Å². The van der Waals surface area contributed by atoms with Gasteiger partial charge < -0.3 is 5.32 Å². The minimum absolute atomic E-state index is 0.00849. The van der Waals surface area contributed by atoms with Crippen molar-refractivity contribution in [3.8, 4) is 0 Å². The zero-order valence-electron chi connectivity index (χ0n) is 10.4. The summed E-state index contributed by atoms with van der Waals surface area (Å²) < 4.78 is 40.5. The van der Waals surface area contributed by atoms with Gasteiger partial charge in [0.1, 0.15) is 10.7 Å². The van der Waals surface area contributed by atoms with Gasteiger partial charge in [0.2, 0.25) is 0 Å². The number of anilines is 2.